The predicted molar refractivity (Wildman–Crippen MR) is 110 cm³/mol. The van der Waals surface area contributed by atoms with E-state index >= 15 is 0 Å². The molecule has 1 heterocycles. The fraction of sp³-hybridized carbons (Fsp3) is 0.333. The van der Waals surface area contributed by atoms with Crippen molar-refractivity contribution >= 4 is 40.6 Å². The van der Waals surface area contributed by atoms with Gasteiger partial charge in [0.25, 0.3) is 0 Å². The van der Waals surface area contributed by atoms with E-state index in [1.165, 1.54) is 0 Å². The summed E-state index contributed by atoms with van der Waals surface area (Å²) in [4.78, 5) is 28.7. The van der Waals surface area contributed by atoms with E-state index in [0.29, 0.717) is 28.7 Å². The van der Waals surface area contributed by atoms with Crippen molar-refractivity contribution < 1.29 is 9.59 Å². The average molecular weight is 405 g/mol. The van der Waals surface area contributed by atoms with Gasteiger partial charge in [0.05, 0.1) is 10.0 Å². The molecule has 0 atom stereocenters. The molecule has 1 fully saturated rings. The molecule has 27 heavy (non-hydrogen) atoms. The van der Waals surface area contributed by atoms with Crippen LogP contribution in [0.3, 0.4) is 0 Å². The van der Waals surface area contributed by atoms with Gasteiger partial charge in [-0.2, -0.15) is 0 Å². The monoisotopic (exact) mass is 404 g/mol. The summed E-state index contributed by atoms with van der Waals surface area (Å²) in [5.74, 6) is 0.0436. The molecular formula is C21H22Cl2N2O2. The number of aryl methyl sites for hydroxylation is 1. The minimum atomic E-state index is 0.0118. The van der Waals surface area contributed by atoms with Crippen LogP contribution in [0.1, 0.15) is 28.8 Å². The maximum Gasteiger partial charge on any atom is 0.223 e. The van der Waals surface area contributed by atoms with Gasteiger partial charge in [0.2, 0.25) is 5.91 Å². The van der Waals surface area contributed by atoms with Crippen molar-refractivity contribution in [3.63, 3.8) is 0 Å². The molecule has 1 amide bonds. The van der Waals surface area contributed by atoms with Gasteiger partial charge in [-0.25, -0.2) is 0 Å². The molecule has 0 unspecified atom stereocenters. The van der Waals surface area contributed by atoms with E-state index in [4.69, 9.17) is 23.2 Å². The lowest BCUT2D eigenvalue weighted by atomic mass is 10.0. The first-order valence-electron chi connectivity index (χ1n) is 9.01. The van der Waals surface area contributed by atoms with E-state index in [1.807, 2.05) is 48.2 Å². The number of Topliss-reactive ketones (excluding diaryl/α,β-unsaturated/α-hetero) is 1. The Hall–Kier alpha value is -2.04. The summed E-state index contributed by atoms with van der Waals surface area (Å²) in [6.45, 7) is 4.72. The van der Waals surface area contributed by atoms with Crippen molar-refractivity contribution in [1.82, 2.24) is 4.90 Å². The number of nitrogens with zero attached hydrogens (tertiary/aromatic N) is 2. The summed E-state index contributed by atoms with van der Waals surface area (Å²) in [6, 6.07) is 13.0. The smallest absolute Gasteiger partial charge is 0.223 e. The van der Waals surface area contributed by atoms with Crippen LogP contribution in [0.4, 0.5) is 5.69 Å². The van der Waals surface area contributed by atoms with Gasteiger partial charge in [-0.15, -0.1) is 0 Å². The van der Waals surface area contributed by atoms with Gasteiger partial charge in [0.15, 0.2) is 5.78 Å². The molecule has 4 nitrogen and oxygen atoms in total. The van der Waals surface area contributed by atoms with E-state index in [2.05, 4.69) is 4.90 Å². The number of ketones is 1. The molecule has 0 N–H and O–H groups in total. The maximum absolute atomic E-state index is 12.4. The molecule has 1 aliphatic rings. The molecule has 142 valence electrons. The molecule has 0 saturated carbocycles. The van der Waals surface area contributed by atoms with Crippen LogP contribution in [0.2, 0.25) is 10.0 Å². The van der Waals surface area contributed by atoms with Crippen molar-refractivity contribution in [1.29, 1.82) is 0 Å². The highest BCUT2D eigenvalue weighted by molar-refractivity contribution is 6.42. The van der Waals surface area contributed by atoms with E-state index in [0.717, 1.165) is 24.3 Å². The third-order valence-corrected chi connectivity index (χ3v) is 5.58. The second kappa shape index (κ2) is 8.77. The van der Waals surface area contributed by atoms with Gasteiger partial charge >= 0.3 is 0 Å². The quantitative estimate of drug-likeness (QED) is 0.682. The van der Waals surface area contributed by atoms with Gasteiger partial charge in [0, 0.05) is 50.3 Å². The van der Waals surface area contributed by atoms with Gasteiger partial charge < -0.3 is 9.80 Å². The third-order valence-electron chi connectivity index (χ3n) is 4.84. The molecule has 2 aromatic rings. The first-order chi connectivity index (χ1) is 12.9. The van der Waals surface area contributed by atoms with Crippen LogP contribution in [-0.2, 0) is 4.79 Å². The second-order valence-corrected chi connectivity index (χ2v) is 7.57. The zero-order valence-corrected chi connectivity index (χ0v) is 16.8. The van der Waals surface area contributed by atoms with Crippen LogP contribution in [0.15, 0.2) is 42.5 Å². The standard InChI is InChI=1S/C21H22Cl2N2O2/c1-15-2-4-16(5-3-15)20(26)8-9-21(27)25-12-10-24(11-13-25)17-6-7-18(22)19(23)14-17/h2-7,14H,8-13H2,1H3. The summed E-state index contributed by atoms with van der Waals surface area (Å²) in [5, 5.41) is 1.06. The zero-order valence-electron chi connectivity index (χ0n) is 15.3. The topological polar surface area (TPSA) is 40.6 Å². The highest BCUT2D eigenvalue weighted by Crippen LogP contribution is 2.27. The van der Waals surface area contributed by atoms with Gasteiger partial charge in [-0.1, -0.05) is 53.0 Å². The second-order valence-electron chi connectivity index (χ2n) is 6.76. The Bertz CT molecular complexity index is 829. The SMILES string of the molecule is Cc1ccc(C(=O)CCC(=O)N2CCN(c3ccc(Cl)c(Cl)c3)CC2)cc1. The number of anilines is 1. The summed E-state index contributed by atoms with van der Waals surface area (Å²) >= 11 is 12.1. The Labute approximate surface area is 169 Å². The highest BCUT2D eigenvalue weighted by atomic mass is 35.5. The van der Waals surface area contributed by atoms with Gasteiger partial charge in [-0.3, -0.25) is 9.59 Å². The van der Waals surface area contributed by atoms with Crippen LogP contribution < -0.4 is 4.90 Å². The molecule has 6 heteroatoms. The molecule has 1 aliphatic heterocycles. The number of piperazine rings is 1. The van der Waals surface area contributed by atoms with Crippen LogP contribution in [0.25, 0.3) is 0 Å². The fourth-order valence-corrected chi connectivity index (χ4v) is 3.45. The highest BCUT2D eigenvalue weighted by Gasteiger charge is 2.22. The Morgan fingerprint density at radius 3 is 2.19 bits per heavy atom. The number of rotatable bonds is 5. The Morgan fingerprint density at radius 2 is 1.56 bits per heavy atom. The molecule has 0 radical (unpaired) electrons. The maximum atomic E-state index is 12.4. The summed E-state index contributed by atoms with van der Waals surface area (Å²) < 4.78 is 0. The van der Waals surface area contributed by atoms with Crippen molar-refractivity contribution in [3.05, 3.63) is 63.6 Å². The summed E-state index contributed by atoms with van der Waals surface area (Å²) in [7, 11) is 0. The number of benzene rings is 2. The Kier molecular flexibility index (Phi) is 6.40. The van der Waals surface area contributed by atoms with Crippen molar-refractivity contribution in [2.75, 3.05) is 31.1 Å². The lowest BCUT2D eigenvalue weighted by Gasteiger charge is -2.36. The lowest BCUT2D eigenvalue weighted by molar-refractivity contribution is -0.131. The van der Waals surface area contributed by atoms with Gasteiger partial charge in [0.1, 0.15) is 0 Å². The minimum Gasteiger partial charge on any atom is -0.368 e. The normalized spacial score (nSPS) is 14.3. The fourth-order valence-electron chi connectivity index (χ4n) is 3.16. The number of carbonyl (C=O) groups excluding carboxylic acids is 2. The van der Waals surface area contributed by atoms with Crippen molar-refractivity contribution in [2.24, 2.45) is 0 Å². The molecule has 1 saturated heterocycles. The number of halogens is 2. The number of carbonyl (C=O) groups is 2. The van der Waals surface area contributed by atoms with E-state index in [1.54, 1.807) is 6.07 Å². The predicted octanol–water partition coefficient (Wildman–Crippen LogP) is 4.61. The number of hydrogen-bond donors (Lipinski definition) is 0. The molecule has 2 aromatic carbocycles. The summed E-state index contributed by atoms with van der Waals surface area (Å²) in [6.07, 6.45) is 0.494. The van der Waals surface area contributed by atoms with Gasteiger partial charge in [-0.05, 0) is 25.1 Å². The minimum absolute atomic E-state index is 0.0118. The first-order valence-corrected chi connectivity index (χ1v) is 9.77. The van der Waals surface area contributed by atoms with Crippen LogP contribution >= 0.6 is 23.2 Å². The Balaban J connectivity index is 1.48. The molecule has 0 bridgehead atoms. The molecule has 3 rings (SSSR count). The van der Waals surface area contributed by atoms with E-state index < -0.39 is 0 Å². The number of hydrogen-bond acceptors (Lipinski definition) is 3. The number of amides is 1. The van der Waals surface area contributed by atoms with Crippen molar-refractivity contribution in [3.8, 4) is 0 Å². The largest absolute Gasteiger partial charge is 0.368 e. The van der Waals surface area contributed by atoms with Crippen LogP contribution in [0, 0.1) is 6.92 Å². The molecule has 0 spiro atoms. The average Bonchev–Trinajstić information content (AvgIpc) is 2.68. The summed E-state index contributed by atoms with van der Waals surface area (Å²) in [5.41, 5.74) is 2.78. The van der Waals surface area contributed by atoms with E-state index in [-0.39, 0.29) is 24.5 Å². The first kappa shape index (κ1) is 19.7. The zero-order chi connectivity index (χ0) is 19.4. The third kappa shape index (κ3) is 5.02. The van der Waals surface area contributed by atoms with Crippen LogP contribution in [0.5, 0.6) is 0 Å². The molecular weight excluding hydrogens is 383 g/mol. The van der Waals surface area contributed by atoms with Crippen molar-refractivity contribution in [2.45, 2.75) is 19.8 Å². The molecule has 0 aromatic heterocycles. The molecule has 0 aliphatic carbocycles. The van der Waals surface area contributed by atoms with E-state index in [9.17, 15) is 9.59 Å². The van der Waals surface area contributed by atoms with Crippen LogP contribution in [-0.4, -0.2) is 42.8 Å². The Morgan fingerprint density at radius 1 is 0.889 bits per heavy atom. The lowest BCUT2D eigenvalue weighted by Crippen LogP contribution is -2.48.